The fourth-order valence-corrected chi connectivity index (χ4v) is 4.96. The quantitative estimate of drug-likeness (QED) is 0.736. The van der Waals surface area contributed by atoms with Gasteiger partial charge in [0.1, 0.15) is 0 Å². The molecule has 1 N–H and O–H groups in total. The van der Waals surface area contributed by atoms with Gasteiger partial charge in [0.2, 0.25) is 15.9 Å². The molecule has 1 amide bonds. The molecule has 1 unspecified atom stereocenters. The van der Waals surface area contributed by atoms with E-state index in [1.807, 2.05) is 37.3 Å². The first-order valence-electron chi connectivity index (χ1n) is 9.16. The Kier molecular flexibility index (Phi) is 4.87. The van der Waals surface area contributed by atoms with E-state index in [9.17, 15) is 13.2 Å². The number of sulfonamides is 1. The molecule has 1 atom stereocenters. The summed E-state index contributed by atoms with van der Waals surface area (Å²) in [6, 6.07) is 16.2. The monoisotopic (exact) mass is 395 g/mol. The molecular formula is C21H21N3O3S. The second kappa shape index (κ2) is 7.33. The van der Waals surface area contributed by atoms with Crippen LogP contribution in [-0.4, -0.2) is 36.7 Å². The Morgan fingerprint density at radius 1 is 1.11 bits per heavy atom. The topological polar surface area (TPSA) is 79.4 Å². The highest BCUT2D eigenvalue weighted by Crippen LogP contribution is 2.27. The first-order valence-corrected chi connectivity index (χ1v) is 10.6. The number of nitrogens with zero attached hydrogens (tertiary/aromatic N) is 2. The van der Waals surface area contributed by atoms with Crippen molar-refractivity contribution in [2.24, 2.45) is 5.92 Å². The summed E-state index contributed by atoms with van der Waals surface area (Å²) in [5.74, 6) is -0.570. The third kappa shape index (κ3) is 3.50. The van der Waals surface area contributed by atoms with Gasteiger partial charge < -0.3 is 5.32 Å². The van der Waals surface area contributed by atoms with Crippen molar-refractivity contribution in [2.45, 2.75) is 18.2 Å². The van der Waals surface area contributed by atoms with Crippen LogP contribution in [0.5, 0.6) is 0 Å². The number of hydrogen-bond acceptors (Lipinski definition) is 4. The number of para-hydroxylation sites is 1. The number of fused-ring (bicyclic) bond motifs is 1. The summed E-state index contributed by atoms with van der Waals surface area (Å²) >= 11 is 0. The Hall–Kier alpha value is -2.77. The lowest BCUT2D eigenvalue weighted by molar-refractivity contribution is -0.119. The number of carbonyl (C=O) groups excluding carboxylic acids is 1. The highest BCUT2D eigenvalue weighted by molar-refractivity contribution is 7.89. The van der Waals surface area contributed by atoms with E-state index in [1.165, 1.54) is 4.31 Å². The maximum atomic E-state index is 12.8. The SMILES string of the molecule is Cc1ccc(S(=O)(=O)N2CCC(C(=O)Nc3cccc4cccnc34)C2)cc1. The number of nitrogens with one attached hydrogen (secondary N) is 1. The van der Waals surface area contributed by atoms with Crippen molar-refractivity contribution in [1.82, 2.24) is 9.29 Å². The van der Waals surface area contributed by atoms with Crippen molar-refractivity contribution in [3.05, 3.63) is 66.4 Å². The van der Waals surface area contributed by atoms with Crippen LogP contribution < -0.4 is 5.32 Å². The van der Waals surface area contributed by atoms with Gasteiger partial charge in [-0.3, -0.25) is 9.78 Å². The number of carbonyl (C=O) groups is 1. The summed E-state index contributed by atoms with van der Waals surface area (Å²) < 4.78 is 27.1. The molecule has 0 aliphatic carbocycles. The lowest BCUT2D eigenvalue weighted by Gasteiger charge is -2.17. The van der Waals surface area contributed by atoms with Crippen LogP contribution in [0.25, 0.3) is 10.9 Å². The molecule has 0 spiro atoms. The van der Waals surface area contributed by atoms with Crippen LogP contribution in [-0.2, 0) is 14.8 Å². The molecule has 2 heterocycles. The summed E-state index contributed by atoms with van der Waals surface area (Å²) in [5, 5.41) is 3.86. The Labute approximate surface area is 164 Å². The summed E-state index contributed by atoms with van der Waals surface area (Å²) in [4.78, 5) is 17.4. The minimum absolute atomic E-state index is 0.181. The van der Waals surface area contributed by atoms with Crippen LogP contribution in [0.4, 0.5) is 5.69 Å². The van der Waals surface area contributed by atoms with Crippen molar-refractivity contribution < 1.29 is 13.2 Å². The normalized spacial score (nSPS) is 17.7. The Morgan fingerprint density at radius 2 is 1.86 bits per heavy atom. The van der Waals surface area contributed by atoms with Crippen molar-refractivity contribution in [1.29, 1.82) is 0 Å². The Balaban J connectivity index is 1.49. The smallest absolute Gasteiger partial charge is 0.243 e. The lowest BCUT2D eigenvalue weighted by Crippen LogP contribution is -2.31. The molecule has 0 bridgehead atoms. The molecule has 1 fully saturated rings. The molecule has 0 radical (unpaired) electrons. The standard InChI is InChI=1S/C21H21N3O3S/c1-15-7-9-18(10-8-15)28(26,27)24-13-11-17(14-24)21(25)23-19-6-2-4-16-5-3-12-22-20(16)19/h2-10,12,17H,11,13-14H2,1H3,(H,23,25). The van der Waals surface area contributed by atoms with E-state index in [2.05, 4.69) is 10.3 Å². The number of aryl methyl sites for hydroxylation is 1. The summed E-state index contributed by atoms with van der Waals surface area (Å²) in [6.07, 6.45) is 2.18. The van der Waals surface area contributed by atoms with Crippen molar-refractivity contribution in [3.8, 4) is 0 Å². The number of benzene rings is 2. The van der Waals surface area contributed by atoms with Crippen LogP contribution in [0.3, 0.4) is 0 Å². The molecule has 1 saturated heterocycles. The summed E-state index contributed by atoms with van der Waals surface area (Å²) in [7, 11) is -3.59. The van der Waals surface area contributed by atoms with Crippen LogP contribution in [0, 0.1) is 12.8 Å². The van der Waals surface area contributed by atoms with Crippen LogP contribution in [0.15, 0.2) is 65.7 Å². The van der Waals surface area contributed by atoms with Gasteiger partial charge in [0, 0.05) is 24.7 Å². The predicted molar refractivity (Wildman–Crippen MR) is 108 cm³/mol. The molecule has 1 aliphatic heterocycles. The zero-order valence-corrected chi connectivity index (χ0v) is 16.3. The van der Waals surface area contributed by atoms with Crippen LogP contribution >= 0.6 is 0 Å². The second-order valence-electron chi connectivity index (χ2n) is 7.03. The van der Waals surface area contributed by atoms with Crippen LogP contribution in [0.1, 0.15) is 12.0 Å². The van der Waals surface area contributed by atoms with E-state index < -0.39 is 10.0 Å². The molecule has 1 aromatic heterocycles. The maximum Gasteiger partial charge on any atom is 0.243 e. The fourth-order valence-electron chi connectivity index (χ4n) is 3.46. The van der Waals surface area contributed by atoms with E-state index >= 15 is 0 Å². The number of rotatable bonds is 4. The number of pyridine rings is 1. The lowest BCUT2D eigenvalue weighted by atomic mass is 10.1. The highest BCUT2D eigenvalue weighted by Gasteiger charge is 2.35. The van der Waals surface area contributed by atoms with Crippen molar-refractivity contribution >= 4 is 32.5 Å². The molecule has 6 nitrogen and oxygen atoms in total. The second-order valence-corrected chi connectivity index (χ2v) is 8.97. The molecule has 144 valence electrons. The van der Waals surface area contributed by atoms with E-state index in [1.54, 1.807) is 30.5 Å². The highest BCUT2D eigenvalue weighted by atomic mass is 32.2. The zero-order chi connectivity index (χ0) is 19.7. The average Bonchev–Trinajstić information content (AvgIpc) is 3.20. The molecule has 1 aliphatic rings. The van der Waals surface area contributed by atoms with Gasteiger partial charge in [-0.15, -0.1) is 0 Å². The van der Waals surface area contributed by atoms with Crippen molar-refractivity contribution in [2.75, 3.05) is 18.4 Å². The number of aromatic nitrogens is 1. The van der Waals surface area contributed by atoms with Gasteiger partial charge in [0.25, 0.3) is 0 Å². The van der Waals surface area contributed by atoms with Gasteiger partial charge in [-0.25, -0.2) is 8.42 Å². The molecule has 3 aromatic rings. The van der Waals surface area contributed by atoms with Gasteiger partial charge in [-0.05, 0) is 37.6 Å². The number of amides is 1. The summed E-state index contributed by atoms with van der Waals surface area (Å²) in [5.41, 5.74) is 2.37. The number of hydrogen-bond donors (Lipinski definition) is 1. The van der Waals surface area contributed by atoms with Gasteiger partial charge in [0.15, 0.2) is 0 Å². The Morgan fingerprint density at radius 3 is 2.64 bits per heavy atom. The van der Waals surface area contributed by atoms with Crippen molar-refractivity contribution in [3.63, 3.8) is 0 Å². The predicted octanol–water partition coefficient (Wildman–Crippen LogP) is 3.19. The first kappa shape index (κ1) is 18.6. The minimum atomic E-state index is -3.59. The molecule has 2 aromatic carbocycles. The molecule has 0 saturated carbocycles. The molecule has 4 rings (SSSR count). The van der Waals surface area contributed by atoms with E-state index in [-0.39, 0.29) is 23.3 Å². The largest absolute Gasteiger partial charge is 0.324 e. The van der Waals surface area contributed by atoms with Gasteiger partial charge >= 0.3 is 0 Å². The minimum Gasteiger partial charge on any atom is -0.324 e. The van der Waals surface area contributed by atoms with Crippen LogP contribution in [0.2, 0.25) is 0 Å². The fraction of sp³-hybridized carbons (Fsp3) is 0.238. The molecular weight excluding hydrogens is 374 g/mol. The zero-order valence-electron chi connectivity index (χ0n) is 15.5. The molecule has 28 heavy (non-hydrogen) atoms. The maximum absolute atomic E-state index is 12.8. The van der Waals surface area contributed by atoms with E-state index in [0.717, 1.165) is 16.5 Å². The Bertz CT molecular complexity index is 1120. The van der Waals surface area contributed by atoms with Gasteiger partial charge in [-0.2, -0.15) is 4.31 Å². The third-order valence-electron chi connectivity index (χ3n) is 5.07. The molecule has 7 heteroatoms. The first-order chi connectivity index (χ1) is 13.4. The third-order valence-corrected chi connectivity index (χ3v) is 6.95. The van der Waals surface area contributed by atoms with E-state index in [0.29, 0.717) is 18.7 Å². The average molecular weight is 395 g/mol. The van der Waals surface area contributed by atoms with Gasteiger partial charge in [0.05, 0.1) is 22.0 Å². The van der Waals surface area contributed by atoms with Gasteiger partial charge in [-0.1, -0.05) is 35.9 Å². The number of anilines is 1. The summed E-state index contributed by atoms with van der Waals surface area (Å²) in [6.45, 7) is 2.43. The van der Waals surface area contributed by atoms with E-state index in [4.69, 9.17) is 0 Å².